The van der Waals surface area contributed by atoms with Crippen molar-refractivity contribution in [1.82, 2.24) is 4.90 Å². The second-order valence-corrected chi connectivity index (χ2v) is 5.41. The Morgan fingerprint density at radius 1 is 1.48 bits per heavy atom. The number of nitrogens with two attached hydrogens (primary N) is 1. The minimum atomic E-state index is -0.0889. The molecule has 112 valence electrons. The molecule has 0 aliphatic heterocycles. The van der Waals surface area contributed by atoms with Gasteiger partial charge in [0, 0.05) is 23.7 Å². The zero-order chi connectivity index (χ0) is 15.2. The van der Waals surface area contributed by atoms with E-state index < -0.39 is 0 Å². The molecule has 0 radical (unpaired) electrons. The highest BCUT2D eigenvalue weighted by Crippen LogP contribution is 2.27. The third-order valence-electron chi connectivity index (χ3n) is 3.66. The molecule has 1 amide bonds. The first-order chi connectivity index (χ1) is 10.2. The van der Waals surface area contributed by atoms with Crippen LogP contribution in [0.3, 0.4) is 0 Å². The molecular weight excluding hydrogens is 288 g/mol. The highest BCUT2D eigenvalue weighted by Gasteiger charge is 2.29. The van der Waals surface area contributed by atoms with Gasteiger partial charge in [-0.25, -0.2) is 0 Å². The number of aliphatic hydroxyl groups excluding tert-OH is 1. The van der Waals surface area contributed by atoms with E-state index in [1.54, 1.807) is 23.1 Å². The maximum absolute atomic E-state index is 12.5. The molecule has 1 aliphatic carbocycles. The summed E-state index contributed by atoms with van der Waals surface area (Å²) in [6, 6.07) is 5.32. The fraction of sp³-hybridized carbons (Fsp3) is 0.438. The third-order valence-corrected chi connectivity index (χ3v) is 3.97. The first-order valence-electron chi connectivity index (χ1n) is 7.07. The SMILES string of the molecule is NCC#Cc1ccc(C(=O)N(CCO)C2CCC2)cc1Cl. The normalized spacial score (nSPS) is 14.0. The van der Waals surface area contributed by atoms with Gasteiger partial charge < -0.3 is 15.7 Å². The van der Waals surface area contributed by atoms with Gasteiger partial charge in [0.05, 0.1) is 18.2 Å². The Hall–Kier alpha value is -1.54. The number of halogens is 1. The third kappa shape index (κ3) is 3.76. The van der Waals surface area contributed by atoms with E-state index in [-0.39, 0.29) is 25.1 Å². The van der Waals surface area contributed by atoms with Crippen LogP contribution in [0.4, 0.5) is 0 Å². The van der Waals surface area contributed by atoms with Crippen LogP contribution in [0.1, 0.15) is 35.2 Å². The maximum Gasteiger partial charge on any atom is 0.254 e. The van der Waals surface area contributed by atoms with Gasteiger partial charge in [-0.05, 0) is 37.5 Å². The van der Waals surface area contributed by atoms with Gasteiger partial charge in [0.15, 0.2) is 0 Å². The van der Waals surface area contributed by atoms with Crippen LogP contribution in [-0.2, 0) is 0 Å². The van der Waals surface area contributed by atoms with Crippen LogP contribution in [0.2, 0.25) is 5.02 Å². The molecule has 1 aromatic rings. The molecule has 1 fully saturated rings. The first-order valence-corrected chi connectivity index (χ1v) is 7.45. The molecule has 1 aromatic carbocycles. The van der Waals surface area contributed by atoms with Crippen LogP contribution < -0.4 is 5.73 Å². The van der Waals surface area contributed by atoms with E-state index in [0.717, 1.165) is 19.3 Å². The zero-order valence-corrected chi connectivity index (χ0v) is 12.6. The number of aliphatic hydroxyl groups is 1. The number of carbonyl (C=O) groups excluding carboxylic acids is 1. The van der Waals surface area contributed by atoms with E-state index in [4.69, 9.17) is 22.4 Å². The molecule has 0 unspecified atom stereocenters. The standard InChI is InChI=1S/C16H19ClN2O2/c17-15-11-13(7-6-12(15)3-2-8-18)16(21)19(9-10-20)14-4-1-5-14/h6-7,11,14,20H,1,4-5,8-10,18H2. The molecule has 0 heterocycles. The van der Waals surface area contributed by atoms with Crippen LogP contribution in [0, 0.1) is 11.8 Å². The molecule has 0 saturated heterocycles. The Kier molecular flexibility index (Phi) is 5.63. The van der Waals surface area contributed by atoms with Crippen molar-refractivity contribution in [2.24, 2.45) is 5.73 Å². The molecule has 2 rings (SSSR count). The Morgan fingerprint density at radius 2 is 2.24 bits per heavy atom. The van der Waals surface area contributed by atoms with Gasteiger partial charge in [-0.2, -0.15) is 0 Å². The number of hydrogen-bond donors (Lipinski definition) is 2. The van der Waals surface area contributed by atoms with Gasteiger partial charge >= 0.3 is 0 Å². The van der Waals surface area contributed by atoms with Crippen LogP contribution in [0.15, 0.2) is 18.2 Å². The van der Waals surface area contributed by atoms with Crippen LogP contribution in [0.5, 0.6) is 0 Å². The van der Waals surface area contributed by atoms with Gasteiger partial charge in [-0.3, -0.25) is 4.79 Å². The van der Waals surface area contributed by atoms with Crippen LogP contribution in [-0.4, -0.2) is 41.7 Å². The number of amides is 1. The van der Waals surface area contributed by atoms with Gasteiger partial charge in [0.2, 0.25) is 0 Å². The van der Waals surface area contributed by atoms with E-state index in [1.165, 1.54) is 0 Å². The Bertz CT molecular complexity index is 573. The molecular formula is C16H19ClN2O2. The van der Waals surface area contributed by atoms with E-state index >= 15 is 0 Å². The minimum Gasteiger partial charge on any atom is -0.395 e. The topological polar surface area (TPSA) is 66.6 Å². The molecule has 0 atom stereocenters. The smallest absolute Gasteiger partial charge is 0.254 e. The Morgan fingerprint density at radius 3 is 2.76 bits per heavy atom. The van der Waals surface area contributed by atoms with Crippen molar-refractivity contribution in [3.8, 4) is 11.8 Å². The van der Waals surface area contributed by atoms with Crippen LogP contribution in [0.25, 0.3) is 0 Å². The average Bonchev–Trinajstić information content (AvgIpc) is 2.43. The van der Waals surface area contributed by atoms with E-state index in [0.29, 0.717) is 22.7 Å². The van der Waals surface area contributed by atoms with Crippen molar-refractivity contribution in [1.29, 1.82) is 0 Å². The van der Waals surface area contributed by atoms with Gasteiger partial charge in [-0.1, -0.05) is 23.4 Å². The fourth-order valence-electron chi connectivity index (χ4n) is 2.32. The summed E-state index contributed by atoms with van der Waals surface area (Å²) in [7, 11) is 0. The highest BCUT2D eigenvalue weighted by atomic mass is 35.5. The van der Waals surface area contributed by atoms with Crippen molar-refractivity contribution in [2.75, 3.05) is 19.7 Å². The zero-order valence-electron chi connectivity index (χ0n) is 11.8. The molecule has 5 heteroatoms. The summed E-state index contributed by atoms with van der Waals surface area (Å²) >= 11 is 6.15. The lowest BCUT2D eigenvalue weighted by Gasteiger charge is -2.37. The fourth-order valence-corrected chi connectivity index (χ4v) is 2.55. The lowest BCUT2D eigenvalue weighted by molar-refractivity contribution is 0.0526. The monoisotopic (exact) mass is 306 g/mol. The van der Waals surface area contributed by atoms with Crippen molar-refractivity contribution in [3.63, 3.8) is 0 Å². The summed E-state index contributed by atoms with van der Waals surface area (Å²) in [5.74, 6) is 5.52. The molecule has 21 heavy (non-hydrogen) atoms. The average molecular weight is 307 g/mol. The molecule has 0 bridgehead atoms. The second-order valence-electron chi connectivity index (χ2n) is 5.01. The molecule has 4 nitrogen and oxygen atoms in total. The predicted molar refractivity (Wildman–Crippen MR) is 83.1 cm³/mol. The summed E-state index contributed by atoms with van der Waals surface area (Å²) in [5.41, 5.74) is 6.52. The molecule has 1 saturated carbocycles. The van der Waals surface area contributed by atoms with Crippen molar-refractivity contribution < 1.29 is 9.90 Å². The summed E-state index contributed by atoms with van der Waals surface area (Å²) in [5, 5.41) is 9.59. The summed E-state index contributed by atoms with van der Waals surface area (Å²) in [4.78, 5) is 14.3. The van der Waals surface area contributed by atoms with E-state index in [1.807, 2.05) is 0 Å². The Labute approximate surface area is 129 Å². The lowest BCUT2D eigenvalue weighted by Crippen LogP contribution is -2.45. The number of hydrogen-bond acceptors (Lipinski definition) is 3. The second kappa shape index (κ2) is 7.46. The Balaban J connectivity index is 2.19. The number of benzene rings is 1. The first kappa shape index (κ1) is 15.8. The predicted octanol–water partition coefficient (Wildman–Crippen LogP) is 1.64. The lowest BCUT2D eigenvalue weighted by atomic mass is 9.91. The van der Waals surface area contributed by atoms with Crippen LogP contribution >= 0.6 is 11.6 Å². The minimum absolute atomic E-state index is 0.0317. The highest BCUT2D eigenvalue weighted by molar-refractivity contribution is 6.32. The number of rotatable bonds is 4. The maximum atomic E-state index is 12.5. The van der Waals surface area contributed by atoms with Crippen molar-refractivity contribution in [2.45, 2.75) is 25.3 Å². The summed E-state index contributed by atoms with van der Waals surface area (Å²) in [6.45, 7) is 0.592. The number of carbonyl (C=O) groups is 1. The molecule has 3 N–H and O–H groups in total. The van der Waals surface area contributed by atoms with Gasteiger partial charge in [0.1, 0.15) is 0 Å². The molecule has 0 spiro atoms. The largest absolute Gasteiger partial charge is 0.395 e. The van der Waals surface area contributed by atoms with Gasteiger partial charge in [-0.15, -0.1) is 0 Å². The summed E-state index contributed by atoms with van der Waals surface area (Å²) in [6.07, 6.45) is 3.13. The van der Waals surface area contributed by atoms with E-state index in [2.05, 4.69) is 11.8 Å². The quantitative estimate of drug-likeness (QED) is 0.831. The van der Waals surface area contributed by atoms with E-state index in [9.17, 15) is 4.79 Å². The van der Waals surface area contributed by atoms with Crippen molar-refractivity contribution in [3.05, 3.63) is 34.3 Å². The van der Waals surface area contributed by atoms with Crippen molar-refractivity contribution >= 4 is 17.5 Å². The molecule has 0 aromatic heterocycles. The van der Waals surface area contributed by atoms with Gasteiger partial charge in [0.25, 0.3) is 5.91 Å². The number of nitrogens with zero attached hydrogens (tertiary/aromatic N) is 1. The molecule has 1 aliphatic rings. The summed E-state index contributed by atoms with van der Waals surface area (Å²) < 4.78 is 0.